The number of carbonyl (C=O) groups excluding carboxylic acids is 1. The predicted octanol–water partition coefficient (Wildman–Crippen LogP) is 3.12. The van der Waals surface area contributed by atoms with E-state index in [4.69, 9.17) is 0 Å². The molecule has 0 radical (unpaired) electrons. The number of nitrogens with zero attached hydrogens (tertiary/aromatic N) is 4. The summed E-state index contributed by atoms with van der Waals surface area (Å²) in [6, 6.07) is 9.41. The highest BCUT2D eigenvalue weighted by Crippen LogP contribution is 2.25. The van der Waals surface area contributed by atoms with Crippen molar-refractivity contribution >= 4 is 22.6 Å². The van der Waals surface area contributed by atoms with Gasteiger partial charge in [-0.1, -0.05) is 32.4 Å². The molecule has 0 unspecified atom stereocenters. The van der Waals surface area contributed by atoms with Crippen molar-refractivity contribution in [2.45, 2.75) is 26.3 Å². The zero-order chi connectivity index (χ0) is 18.1. The van der Waals surface area contributed by atoms with E-state index < -0.39 is 0 Å². The minimum absolute atomic E-state index is 0.204. The standard InChI is InChI=1S/C19H20N6O/c1-3-12(2)16(17-22-14-7-4-5-8-15(14)23-17)24-19(26)13-11-21-25-10-6-9-20-18(13)25/h4-12,16H,3H2,1-2H3,(H,22,23)(H,24,26)/t12-,16+/m0/s1. The van der Waals surface area contributed by atoms with Crippen molar-refractivity contribution in [2.75, 3.05) is 0 Å². The highest BCUT2D eigenvalue weighted by Gasteiger charge is 2.25. The molecule has 4 rings (SSSR count). The number of aromatic nitrogens is 5. The SMILES string of the molecule is CC[C@H](C)[C@@H](NC(=O)c1cnn2cccnc12)c1nc2ccccc2[nH]1. The molecule has 0 saturated heterocycles. The second-order valence-corrected chi connectivity index (χ2v) is 6.42. The number of imidazole rings is 1. The summed E-state index contributed by atoms with van der Waals surface area (Å²) in [4.78, 5) is 25.2. The molecule has 0 saturated carbocycles. The maximum Gasteiger partial charge on any atom is 0.257 e. The Kier molecular flexibility index (Phi) is 4.12. The molecule has 3 aromatic heterocycles. The number of benzene rings is 1. The molecule has 0 bridgehead atoms. The smallest absolute Gasteiger partial charge is 0.257 e. The summed E-state index contributed by atoms with van der Waals surface area (Å²) < 4.78 is 1.59. The number of hydrogen-bond donors (Lipinski definition) is 2. The van der Waals surface area contributed by atoms with E-state index in [1.165, 1.54) is 0 Å². The van der Waals surface area contributed by atoms with Crippen LogP contribution < -0.4 is 5.32 Å². The largest absolute Gasteiger partial charge is 0.342 e. The summed E-state index contributed by atoms with van der Waals surface area (Å²) in [5.41, 5.74) is 2.85. The third-order valence-electron chi connectivity index (χ3n) is 4.73. The van der Waals surface area contributed by atoms with Gasteiger partial charge in [-0.15, -0.1) is 0 Å². The summed E-state index contributed by atoms with van der Waals surface area (Å²) in [5.74, 6) is 0.775. The van der Waals surface area contributed by atoms with Gasteiger partial charge >= 0.3 is 0 Å². The Balaban J connectivity index is 1.68. The molecule has 132 valence electrons. The normalized spacial score (nSPS) is 13.8. The van der Waals surface area contributed by atoms with Crippen LogP contribution in [0.25, 0.3) is 16.7 Å². The number of amides is 1. The topological polar surface area (TPSA) is 88.0 Å². The second-order valence-electron chi connectivity index (χ2n) is 6.42. The summed E-state index contributed by atoms with van der Waals surface area (Å²) >= 11 is 0. The summed E-state index contributed by atoms with van der Waals surface area (Å²) in [5, 5.41) is 7.30. The van der Waals surface area contributed by atoms with Crippen LogP contribution in [0.3, 0.4) is 0 Å². The van der Waals surface area contributed by atoms with Crippen LogP contribution >= 0.6 is 0 Å². The molecule has 0 spiro atoms. The molecule has 0 fully saturated rings. The number of nitrogens with one attached hydrogen (secondary N) is 2. The van der Waals surface area contributed by atoms with Crippen LogP contribution in [0.4, 0.5) is 0 Å². The fourth-order valence-electron chi connectivity index (χ4n) is 3.04. The van der Waals surface area contributed by atoms with Gasteiger partial charge in [0.2, 0.25) is 0 Å². The highest BCUT2D eigenvalue weighted by molar-refractivity contribution is 5.99. The Hall–Kier alpha value is -3.22. The maximum absolute atomic E-state index is 12.9. The third kappa shape index (κ3) is 2.81. The number of fused-ring (bicyclic) bond motifs is 2. The lowest BCUT2D eigenvalue weighted by Gasteiger charge is -2.22. The molecule has 7 nitrogen and oxygen atoms in total. The Morgan fingerprint density at radius 3 is 2.96 bits per heavy atom. The quantitative estimate of drug-likeness (QED) is 0.580. The van der Waals surface area contributed by atoms with E-state index in [1.807, 2.05) is 24.3 Å². The molecular formula is C19H20N6O. The van der Waals surface area contributed by atoms with Gasteiger partial charge < -0.3 is 10.3 Å². The number of rotatable bonds is 5. The van der Waals surface area contributed by atoms with E-state index >= 15 is 0 Å². The molecule has 0 aliphatic carbocycles. The van der Waals surface area contributed by atoms with Gasteiger partial charge in [-0.3, -0.25) is 4.79 Å². The molecule has 1 aromatic carbocycles. The van der Waals surface area contributed by atoms with Crippen molar-refractivity contribution in [1.29, 1.82) is 0 Å². The highest BCUT2D eigenvalue weighted by atomic mass is 16.1. The van der Waals surface area contributed by atoms with Gasteiger partial charge in [0.05, 0.1) is 23.3 Å². The Morgan fingerprint density at radius 1 is 1.31 bits per heavy atom. The minimum Gasteiger partial charge on any atom is -0.342 e. The molecule has 0 aliphatic heterocycles. The zero-order valence-corrected chi connectivity index (χ0v) is 14.7. The van der Waals surface area contributed by atoms with E-state index in [0.717, 1.165) is 23.3 Å². The van der Waals surface area contributed by atoms with Crippen LogP contribution in [0.15, 0.2) is 48.9 Å². The zero-order valence-electron chi connectivity index (χ0n) is 14.7. The van der Waals surface area contributed by atoms with Crippen molar-refractivity contribution in [2.24, 2.45) is 5.92 Å². The van der Waals surface area contributed by atoms with E-state index in [1.54, 1.807) is 29.2 Å². The Labute approximate surface area is 150 Å². The first-order chi connectivity index (χ1) is 12.7. The molecule has 4 aromatic rings. The molecule has 7 heteroatoms. The van der Waals surface area contributed by atoms with Crippen LogP contribution in [-0.4, -0.2) is 30.5 Å². The van der Waals surface area contributed by atoms with Gasteiger partial charge in [0.15, 0.2) is 5.65 Å². The lowest BCUT2D eigenvalue weighted by atomic mass is 9.98. The predicted molar refractivity (Wildman–Crippen MR) is 98.7 cm³/mol. The number of para-hydroxylation sites is 2. The van der Waals surface area contributed by atoms with Crippen molar-refractivity contribution in [3.05, 3.63) is 60.3 Å². The Bertz CT molecular complexity index is 1030. The first-order valence-corrected chi connectivity index (χ1v) is 8.71. The number of carbonyl (C=O) groups is 1. The monoisotopic (exact) mass is 348 g/mol. The van der Waals surface area contributed by atoms with Gasteiger partial charge in [-0.05, 0) is 24.1 Å². The van der Waals surface area contributed by atoms with Gasteiger partial charge in [0.25, 0.3) is 5.91 Å². The minimum atomic E-state index is -0.224. The molecule has 0 aliphatic rings. The first-order valence-electron chi connectivity index (χ1n) is 8.71. The summed E-state index contributed by atoms with van der Waals surface area (Å²) in [6.45, 7) is 4.20. The van der Waals surface area contributed by atoms with Gasteiger partial charge in [0.1, 0.15) is 11.4 Å². The van der Waals surface area contributed by atoms with E-state index in [-0.39, 0.29) is 17.9 Å². The van der Waals surface area contributed by atoms with E-state index in [0.29, 0.717) is 11.2 Å². The van der Waals surface area contributed by atoms with Gasteiger partial charge in [-0.2, -0.15) is 5.10 Å². The number of hydrogen-bond acceptors (Lipinski definition) is 4. The lowest BCUT2D eigenvalue weighted by molar-refractivity contribution is 0.0922. The average Bonchev–Trinajstić information content (AvgIpc) is 3.29. The molecule has 2 atom stereocenters. The third-order valence-corrected chi connectivity index (χ3v) is 4.73. The summed E-state index contributed by atoms with van der Waals surface area (Å²) in [7, 11) is 0. The van der Waals surface area contributed by atoms with Crippen LogP contribution in [0.1, 0.15) is 42.5 Å². The van der Waals surface area contributed by atoms with Crippen LogP contribution in [0.2, 0.25) is 0 Å². The van der Waals surface area contributed by atoms with Gasteiger partial charge in [-0.25, -0.2) is 14.5 Å². The molecule has 2 N–H and O–H groups in total. The van der Waals surface area contributed by atoms with Crippen LogP contribution in [0.5, 0.6) is 0 Å². The first kappa shape index (κ1) is 16.3. The van der Waals surface area contributed by atoms with Crippen molar-refractivity contribution in [1.82, 2.24) is 29.9 Å². The molecular weight excluding hydrogens is 328 g/mol. The van der Waals surface area contributed by atoms with Crippen molar-refractivity contribution in [3.63, 3.8) is 0 Å². The fraction of sp³-hybridized carbons (Fsp3) is 0.263. The van der Waals surface area contributed by atoms with Crippen LogP contribution in [-0.2, 0) is 0 Å². The summed E-state index contributed by atoms with van der Waals surface area (Å²) in [6.07, 6.45) is 5.88. The van der Waals surface area contributed by atoms with Crippen molar-refractivity contribution in [3.8, 4) is 0 Å². The second kappa shape index (κ2) is 6.59. The Morgan fingerprint density at radius 2 is 2.15 bits per heavy atom. The average molecular weight is 348 g/mol. The molecule has 26 heavy (non-hydrogen) atoms. The van der Waals surface area contributed by atoms with E-state index in [9.17, 15) is 4.79 Å². The van der Waals surface area contributed by atoms with Crippen LogP contribution in [0, 0.1) is 5.92 Å². The maximum atomic E-state index is 12.9. The number of aromatic amines is 1. The van der Waals surface area contributed by atoms with Gasteiger partial charge in [0, 0.05) is 12.4 Å². The van der Waals surface area contributed by atoms with E-state index in [2.05, 4.69) is 39.2 Å². The number of H-pyrrole nitrogens is 1. The fourth-order valence-corrected chi connectivity index (χ4v) is 3.04. The molecule has 1 amide bonds. The molecule has 3 heterocycles. The lowest BCUT2D eigenvalue weighted by Crippen LogP contribution is -2.33. The van der Waals surface area contributed by atoms with Crippen molar-refractivity contribution < 1.29 is 4.79 Å².